The quantitative estimate of drug-likeness (QED) is 0.479. The molecular weight excluding hydrogens is 206 g/mol. The first-order chi connectivity index (χ1) is 7.72. The van der Waals surface area contributed by atoms with E-state index in [-0.39, 0.29) is 5.97 Å². The summed E-state index contributed by atoms with van der Waals surface area (Å²) in [5.41, 5.74) is 0.487. The molecule has 1 aliphatic carbocycles. The van der Waals surface area contributed by atoms with Crippen molar-refractivity contribution in [1.82, 2.24) is 5.32 Å². The fraction of sp³-hybridized carbons (Fsp3) is 0.917. The molecule has 4 nitrogen and oxygen atoms in total. The van der Waals surface area contributed by atoms with Crippen LogP contribution in [0, 0.1) is 5.41 Å². The van der Waals surface area contributed by atoms with E-state index in [0.717, 1.165) is 32.5 Å². The van der Waals surface area contributed by atoms with Crippen LogP contribution in [0.5, 0.6) is 0 Å². The summed E-state index contributed by atoms with van der Waals surface area (Å²) < 4.78 is 9.68. The van der Waals surface area contributed by atoms with Crippen LogP contribution in [-0.2, 0) is 14.3 Å². The highest BCUT2D eigenvalue weighted by atomic mass is 16.5. The fourth-order valence-corrected chi connectivity index (χ4v) is 1.82. The van der Waals surface area contributed by atoms with Crippen molar-refractivity contribution in [3.8, 4) is 0 Å². The van der Waals surface area contributed by atoms with Crippen molar-refractivity contribution >= 4 is 5.97 Å². The summed E-state index contributed by atoms with van der Waals surface area (Å²) in [5, 5.41) is 3.41. The number of hydrogen-bond acceptors (Lipinski definition) is 4. The Labute approximate surface area is 97.7 Å². The molecule has 94 valence electrons. The molecule has 1 N–H and O–H groups in total. The van der Waals surface area contributed by atoms with E-state index >= 15 is 0 Å². The SMILES string of the molecule is COCCC1(CNCCCC(=O)OC)CC1. The van der Waals surface area contributed by atoms with E-state index in [2.05, 4.69) is 10.1 Å². The van der Waals surface area contributed by atoms with Gasteiger partial charge < -0.3 is 14.8 Å². The minimum absolute atomic E-state index is 0.123. The van der Waals surface area contributed by atoms with E-state index in [1.165, 1.54) is 20.0 Å². The third-order valence-electron chi connectivity index (χ3n) is 3.26. The number of nitrogens with one attached hydrogen (secondary N) is 1. The maximum Gasteiger partial charge on any atom is 0.305 e. The first-order valence-electron chi connectivity index (χ1n) is 5.99. The molecule has 0 aromatic carbocycles. The van der Waals surface area contributed by atoms with Gasteiger partial charge in [-0.1, -0.05) is 0 Å². The number of hydrogen-bond donors (Lipinski definition) is 1. The number of carbonyl (C=O) groups excluding carboxylic acids is 1. The number of methoxy groups -OCH3 is 2. The summed E-state index contributed by atoms with van der Waals surface area (Å²) in [6, 6.07) is 0. The molecule has 0 aromatic heterocycles. The summed E-state index contributed by atoms with van der Waals surface area (Å²) >= 11 is 0. The van der Waals surface area contributed by atoms with Gasteiger partial charge in [-0.25, -0.2) is 0 Å². The van der Waals surface area contributed by atoms with Crippen LogP contribution in [-0.4, -0.2) is 39.9 Å². The molecule has 4 heteroatoms. The Bertz CT molecular complexity index is 214. The van der Waals surface area contributed by atoms with Gasteiger partial charge in [0.2, 0.25) is 0 Å². The number of rotatable bonds is 9. The van der Waals surface area contributed by atoms with Crippen molar-refractivity contribution in [2.75, 3.05) is 33.9 Å². The normalized spacial score (nSPS) is 17.1. The first kappa shape index (κ1) is 13.5. The van der Waals surface area contributed by atoms with Gasteiger partial charge in [-0.2, -0.15) is 0 Å². The molecule has 0 unspecified atom stereocenters. The lowest BCUT2D eigenvalue weighted by atomic mass is 10.0. The third-order valence-corrected chi connectivity index (χ3v) is 3.26. The van der Waals surface area contributed by atoms with Crippen LogP contribution in [0.2, 0.25) is 0 Å². The minimum atomic E-state index is -0.123. The molecule has 16 heavy (non-hydrogen) atoms. The average Bonchev–Trinajstić information content (AvgIpc) is 3.06. The van der Waals surface area contributed by atoms with Gasteiger partial charge in [-0.3, -0.25) is 4.79 Å². The lowest BCUT2D eigenvalue weighted by Crippen LogP contribution is -2.26. The van der Waals surface area contributed by atoms with E-state index in [9.17, 15) is 4.79 Å². The number of ether oxygens (including phenoxy) is 2. The topological polar surface area (TPSA) is 47.6 Å². The van der Waals surface area contributed by atoms with Crippen molar-refractivity contribution in [1.29, 1.82) is 0 Å². The number of carbonyl (C=O) groups is 1. The molecule has 1 saturated carbocycles. The minimum Gasteiger partial charge on any atom is -0.469 e. The molecule has 0 amide bonds. The van der Waals surface area contributed by atoms with Gasteiger partial charge in [0.05, 0.1) is 7.11 Å². The Morgan fingerprint density at radius 3 is 2.69 bits per heavy atom. The van der Waals surface area contributed by atoms with E-state index in [4.69, 9.17) is 4.74 Å². The summed E-state index contributed by atoms with van der Waals surface area (Å²) in [5.74, 6) is -0.123. The van der Waals surface area contributed by atoms with Gasteiger partial charge in [0.1, 0.15) is 0 Å². The van der Waals surface area contributed by atoms with Crippen molar-refractivity contribution < 1.29 is 14.3 Å². The van der Waals surface area contributed by atoms with E-state index in [1.807, 2.05) is 0 Å². The highest BCUT2D eigenvalue weighted by Gasteiger charge is 2.41. The van der Waals surface area contributed by atoms with Crippen LogP contribution in [0.3, 0.4) is 0 Å². The number of esters is 1. The zero-order valence-electron chi connectivity index (χ0n) is 10.4. The zero-order chi connectivity index (χ0) is 11.9. The lowest BCUT2D eigenvalue weighted by molar-refractivity contribution is -0.140. The Hall–Kier alpha value is -0.610. The van der Waals surface area contributed by atoms with Crippen LogP contribution in [0.15, 0.2) is 0 Å². The van der Waals surface area contributed by atoms with Crippen LogP contribution in [0.25, 0.3) is 0 Å². The van der Waals surface area contributed by atoms with E-state index < -0.39 is 0 Å². The second-order valence-electron chi connectivity index (χ2n) is 4.60. The molecule has 0 heterocycles. The second-order valence-corrected chi connectivity index (χ2v) is 4.60. The molecule has 0 bridgehead atoms. The molecular formula is C12H23NO3. The van der Waals surface area contributed by atoms with Crippen molar-refractivity contribution in [3.05, 3.63) is 0 Å². The smallest absolute Gasteiger partial charge is 0.305 e. The Balaban J connectivity index is 1.96. The predicted molar refractivity (Wildman–Crippen MR) is 62.3 cm³/mol. The van der Waals surface area contributed by atoms with Gasteiger partial charge in [-0.05, 0) is 37.6 Å². The Kier molecular flexibility index (Phi) is 5.77. The largest absolute Gasteiger partial charge is 0.469 e. The molecule has 0 aliphatic heterocycles. The van der Waals surface area contributed by atoms with Crippen molar-refractivity contribution in [2.45, 2.75) is 32.1 Å². The standard InChI is InChI=1S/C12H23NO3/c1-15-9-7-12(5-6-12)10-13-8-3-4-11(14)16-2/h13H,3-10H2,1-2H3. The molecule has 1 aliphatic rings. The van der Waals surface area contributed by atoms with E-state index in [1.54, 1.807) is 7.11 Å². The molecule has 0 spiro atoms. The monoisotopic (exact) mass is 229 g/mol. The van der Waals surface area contributed by atoms with Crippen LogP contribution < -0.4 is 5.32 Å². The molecule has 1 fully saturated rings. The predicted octanol–water partition coefficient (Wildman–Crippen LogP) is 1.35. The maximum atomic E-state index is 10.9. The second kappa shape index (κ2) is 6.86. The molecule has 0 radical (unpaired) electrons. The fourth-order valence-electron chi connectivity index (χ4n) is 1.82. The molecule has 0 atom stereocenters. The third kappa shape index (κ3) is 4.94. The first-order valence-corrected chi connectivity index (χ1v) is 5.99. The summed E-state index contributed by atoms with van der Waals surface area (Å²) in [4.78, 5) is 10.9. The van der Waals surface area contributed by atoms with Gasteiger partial charge >= 0.3 is 5.97 Å². The molecule has 0 aromatic rings. The molecule has 1 rings (SSSR count). The van der Waals surface area contributed by atoms with Gasteiger partial charge in [-0.15, -0.1) is 0 Å². The van der Waals surface area contributed by atoms with Gasteiger partial charge in [0.15, 0.2) is 0 Å². The van der Waals surface area contributed by atoms with Crippen LogP contribution in [0.1, 0.15) is 32.1 Å². The molecule has 0 saturated heterocycles. The van der Waals surface area contributed by atoms with Crippen molar-refractivity contribution in [2.24, 2.45) is 5.41 Å². The average molecular weight is 229 g/mol. The summed E-state index contributed by atoms with van der Waals surface area (Å²) in [7, 11) is 3.18. The van der Waals surface area contributed by atoms with Crippen molar-refractivity contribution in [3.63, 3.8) is 0 Å². The lowest BCUT2D eigenvalue weighted by Gasteiger charge is -2.15. The summed E-state index contributed by atoms with van der Waals surface area (Å²) in [6.45, 7) is 2.80. The maximum absolute atomic E-state index is 10.9. The Morgan fingerprint density at radius 2 is 2.12 bits per heavy atom. The summed E-state index contributed by atoms with van der Waals surface area (Å²) in [6.07, 6.45) is 5.12. The van der Waals surface area contributed by atoms with E-state index in [0.29, 0.717) is 11.8 Å². The Morgan fingerprint density at radius 1 is 1.38 bits per heavy atom. The zero-order valence-corrected chi connectivity index (χ0v) is 10.4. The van der Waals surface area contributed by atoms with Crippen LogP contribution in [0.4, 0.5) is 0 Å². The van der Waals surface area contributed by atoms with Gasteiger partial charge in [0, 0.05) is 26.7 Å². The highest BCUT2D eigenvalue weighted by molar-refractivity contribution is 5.69. The van der Waals surface area contributed by atoms with Gasteiger partial charge in [0.25, 0.3) is 0 Å². The van der Waals surface area contributed by atoms with Crippen LogP contribution >= 0.6 is 0 Å². The highest BCUT2D eigenvalue weighted by Crippen LogP contribution is 2.48.